The summed E-state index contributed by atoms with van der Waals surface area (Å²) in [6, 6.07) is 11.0. The zero-order valence-electron chi connectivity index (χ0n) is 12.6. The maximum Gasteiger partial charge on any atom is 0.266 e. The molecular weight excluding hydrogens is 346 g/mol. The number of anilines is 1. The second kappa shape index (κ2) is 5.77. The molecule has 0 aliphatic carbocycles. The molecule has 0 bridgehead atoms. The smallest absolute Gasteiger partial charge is 0.266 e. The molecule has 2 N–H and O–H groups in total. The fourth-order valence-corrected chi connectivity index (χ4v) is 3.74. The molecule has 8 heteroatoms. The van der Waals surface area contributed by atoms with Crippen LogP contribution in [0, 0.1) is 6.92 Å². The highest BCUT2D eigenvalue weighted by Crippen LogP contribution is 2.32. The number of aromatic amines is 1. The predicted molar refractivity (Wildman–Crippen MR) is 95.2 cm³/mol. The van der Waals surface area contributed by atoms with E-state index in [9.17, 15) is 4.79 Å². The molecule has 4 rings (SSSR count). The standard InChI is InChI=1S/C16H12ClN5OS/c1-9-10-8-13(15(23)19-14-6-7-18-20-14)24-16(10)22(21-9)12-5-3-2-4-11(12)17/h2-8H,1H3,(H2,18,19,20,23). The average molecular weight is 358 g/mol. The number of para-hydroxylation sites is 1. The number of nitrogens with zero attached hydrogens (tertiary/aromatic N) is 3. The quantitative estimate of drug-likeness (QED) is 0.581. The Bertz CT molecular complexity index is 1030. The van der Waals surface area contributed by atoms with Crippen molar-refractivity contribution in [1.29, 1.82) is 0 Å². The summed E-state index contributed by atoms with van der Waals surface area (Å²) < 4.78 is 1.78. The van der Waals surface area contributed by atoms with E-state index in [2.05, 4.69) is 20.6 Å². The first kappa shape index (κ1) is 14.9. The second-order valence-electron chi connectivity index (χ2n) is 5.20. The number of hydrogen-bond donors (Lipinski definition) is 2. The number of nitrogens with one attached hydrogen (secondary N) is 2. The molecule has 24 heavy (non-hydrogen) atoms. The molecule has 0 unspecified atom stereocenters. The summed E-state index contributed by atoms with van der Waals surface area (Å²) >= 11 is 7.66. The lowest BCUT2D eigenvalue weighted by atomic mass is 10.3. The minimum absolute atomic E-state index is 0.189. The Morgan fingerprint density at radius 3 is 2.92 bits per heavy atom. The summed E-state index contributed by atoms with van der Waals surface area (Å²) in [5, 5.41) is 15.4. The Morgan fingerprint density at radius 2 is 2.17 bits per heavy atom. The molecule has 6 nitrogen and oxygen atoms in total. The molecule has 120 valence electrons. The predicted octanol–water partition coefficient (Wildman–Crippen LogP) is 4.02. The maximum atomic E-state index is 12.4. The van der Waals surface area contributed by atoms with Gasteiger partial charge in [0.25, 0.3) is 5.91 Å². The topological polar surface area (TPSA) is 75.6 Å². The van der Waals surface area contributed by atoms with Crippen molar-refractivity contribution in [2.24, 2.45) is 0 Å². The Labute approximate surface area is 146 Å². The molecular formula is C16H12ClN5OS. The van der Waals surface area contributed by atoms with Gasteiger partial charge in [-0.15, -0.1) is 11.3 Å². The minimum atomic E-state index is -0.189. The Kier molecular flexibility index (Phi) is 3.59. The summed E-state index contributed by atoms with van der Waals surface area (Å²) in [5.74, 6) is 0.368. The minimum Gasteiger partial charge on any atom is -0.306 e. The van der Waals surface area contributed by atoms with Crippen LogP contribution in [0.2, 0.25) is 5.02 Å². The van der Waals surface area contributed by atoms with E-state index in [1.54, 1.807) is 16.9 Å². The summed E-state index contributed by atoms with van der Waals surface area (Å²) in [6.07, 6.45) is 1.58. The van der Waals surface area contributed by atoms with E-state index < -0.39 is 0 Å². The normalized spacial score (nSPS) is 11.1. The summed E-state index contributed by atoms with van der Waals surface area (Å²) in [6.45, 7) is 1.92. The van der Waals surface area contributed by atoms with Crippen molar-refractivity contribution in [1.82, 2.24) is 20.0 Å². The average Bonchev–Trinajstić information content (AvgIpc) is 3.27. The van der Waals surface area contributed by atoms with Gasteiger partial charge >= 0.3 is 0 Å². The summed E-state index contributed by atoms with van der Waals surface area (Å²) in [4.78, 5) is 13.9. The zero-order valence-corrected chi connectivity index (χ0v) is 14.1. The Morgan fingerprint density at radius 1 is 1.33 bits per heavy atom. The van der Waals surface area contributed by atoms with Crippen LogP contribution in [0.3, 0.4) is 0 Å². The fourth-order valence-electron chi connectivity index (χ4n) is 2.46. The number of benzene rings is 1. The molecule has 0 saturated carbocycles. The maximum absolute atomic E-state index is 12.4. The van der Waals surface area contributed by atoms with Gasteiger partial charge in [-0.25, -0.2) is 4.68 Å². The van der Waals surface area contributed by atoms with E-state index in [4.69, 9.17) is 11.6 Å². The Hall–Kier alpha value is -2.64. The van der Waals surface area contributed by atoms with E-state index in [1.807, 2.05) is 37.3 Å². The van der Waals surface area contributed by atoms with Crippen molar-refractivity contribution < 1.29 is 4.79 Å². The van der Waals surface area contributed by atoms with Crippen LogP contribution < -0.4 is 5.32 Å². The second-order valence-corrected chi connectivity index (χ2v) is 6.64. The lowest BCUT2D eigenvalue weighted by Crippen LogP contribution is -2.10. The van der Waals surface area contributed by atoms with E-state index in [-0.39, 0.29) is 5.91 Å². The van der Waals surface area contributed by atoms with Gasteiger partial charge in [-0.05, 0) is 25.1 Å². The number of hydrogen-bond acceptors (Lipinski definition) is 4. The molecule has 0 atom stereocenters. The number of aryl methyl sites for hydroxylation is 1. The number of aromatic nitrogens is 4. The molecule has 1 aromatic carbocycles. The van der Waals surface area contributed by atoms with Crippen LogP contribution in [-0.2, 0) is 0 Å². The number of thiophene rings is 1. The van der Waals surface area contributed by atoms with Crippen molar-refractivity contribution >= 4 is 44.9 Å². The molecule has 0 radical (unpaired) electrons. The van der Waals surface area contributed by atoms with Crippen molar-refractivity contribution in [3.05, 3.63) is 58.2 Å². The lowest BCUT2D eigenvalue weighted by molar-refractivity contribution is 0.103. The third-order valence-electron chi connectivity index (χ3n) is 3.60. The van der Waals surface area contributed by atoms with Crippen LogP contribution in [0.25, 0.3) is 15.9 Å². The first-order chi connectivity index (χ1) is 11.6. The molecule has 0 spiro atoms. The van der Waals surface area contributed by atoms with Gasteiger partial charge in [-0.3, -0.25) is 9.89 Å². The largest absolute Gasteiger partial charge is 0.306 e. The van der Waals surface area contributed by atoms with Crippen LogP contribution >= 0.6 is 22.9 Å². The highest BCUT2D eigenvalue weighted by molar-refractivity contribution is 7.20. The van der Waals surface area contributed by atoms with Gasteiger partial charge in [0.1, 0.15) is 10.6 Å². The lowest BCUT2D eigenvalue weighted by Gasteiger charge is -2.04. The Balaban J connectivity index is 1.77. The summed E-state index contributed by atoms with van der Waals surface area (Å²) in [7, 11) is 0. The SMILES string of the molecule is Cc1nn(-c2ccccc2Cl)c2sc(C(=O)Nc3ccn[nH]3)cc12. The van der Waals surface area contributed by atoms with Crippen LogP contribution in [-0.4, -0.2) is 25.9 Å². The number of fused-ring (bicyclic) bond motifs is 1. The van der Waals surface area contributed by atoms with Gasteiger partial charge in [0.2, 0.25) is 0 Å². The van der Waals surface area contributed by atoms with Gasteiger partial charge in [-0.1, -0.05) is 23.7 Å². The van der Waals surface area contributed by atoms with E-state index in [0.717, 1.165) is 21.6 Å². The van der Waals surface area contributed by atoms with Crippen LogP contribution in [0.15, 0.2) is 42.6 Å². The first-order valence-corrected chi connectivity index (χ1v) is 8.38. The van der Waals surface area contributed by atoms with E-state index in [1.165, 1.54) is 11.3 Å². The first-order valence-electron chi connectivity index (χ1n) is 7.18. The van der Waals surface area contributed by atoms with Gasteiger partial charge in [0.15, 0.2) is 0 Å². The van der Waals surface area contributed by atoms with Crippen LogP contribution in [0.5, 0.6) is 0 Å². The fraction of sp³-hybridized carbons (Fsp3) is 0.0625. The monoisotopic (exact) mass is 357 g/mol. The summed E-state index contributed by atoms with van der Waals surface area (Å²) in [5.41, 5.74) is 1.64. The molecule has 0 aliphatic rings. The van der Waals surface area contributed by atoms with Crippen molar-refractivity contribution in [2.75, 3.05) is 5.32 Å². The van der Waals surface area contributed by atoms with Crippen LogP contribution in [0.4, 0.5) is 5.82 Å². The van der Waals surface area contributed by atoms with E-state index in [0.29, 0.717) is 15.7 Å². The molecule has 0 fully saturated rings. The molecule has 4 aromatic rings. The number of halogens is 1. The number of carbonyl (C=O) groups excluding carboxylic acids is 1. The number of amides is 1. The number of carbonyl (C=O) groups is 1. The molecule has 0 aliphatic heterocycles. The number of H-pyrrole nitrogens is 1. The highest BCUT2D eigenvalue weighted by atomic mass is 35.5. The highest BCUT2D eigenvalue weighted by Gasteiger charge is 2.18. The van der Waals surface area contributed by atoms with Crippen LogP contribution in [0.1, 0.15) is 15.4 Å². The molecule has 1 amide bonds. The van der Waals surface area contributed by atoms with Crippen molar-refractivity contribution in [3.8, 4) is 5.69 Å². The third-order valence-corrected chi connectivity index (χ3v) is 5.03. The van der Waals surface area contributed by atoms with Crippen molar-refractivity contribution in [3.63, 3.8) is 0 Å². The zero-order chi connectivity index (χ0) is 16.7. The van der Waals surface area contributed by atoms with Gasteiger partial charge in [0.05, 0.1) is 27.5 Å². The molecule has 3 heterocycles. The van der Waals surface area contributed by atoms with E-state index >= 15 is 0 Å². The van der Waals surface area contributed by atoms with Crippen molar-refractivity contribution in [2.45, 2.75) is 6.92 Å². The van der Waals surface area contributed by atoms with Gasteiger partial charge in [0, 0.05) is 11.5 Å². The molecule has 3 aromatic heterocycles. The van der Waals surface area contributed by atoms with Gasteiger partial charge in [-0.2, -0.15) is 10.2 Å². The number of rotatable bonds is 3. The van der Waals surface area contributed by atoms with Gasteiger partial charge < -0.3 is 5.32 Å². The third kappa shape index (κ3) is 2.47. The molecule has 0 saturated heterocycles.